The number of Topliss-reactive ketones (excluding diaryl/α,β-unsaturated/α-hetero) is 1. The number of nitrogens with zero attached hydrogens (tertiary/aromatic N) is 1. The van der Waals surface area contributed by atoms with Gasteiger partial charge in [0.15, 0.2) is 0 Å². The summed E-state index contributed by atoms with van der Waals surface area (Å²) in [6, 6.07) is 5.74. The second kappa shape index (κ2) is 5.01. The largest absolute Gasteiger partial charge is 0.345 e. The predicted molar refractivity (Wildman–Crippen MR) is 55.6 cm³/mol. The van der Waals surface area contributed by atoms with E-state index in [9.17, 15) is 19.7 Å². The lowest BCUT2D eigenvalue weighted by molar-refractivity contribution is -0.384. The molecule has 0 aliphatic carbocycles. The van der Waals surface area contributed by atoms with E-state index in [4.69, 9.17) is 0 Å². The molecule has 6 nitrogen and oxygen atoms in total. The van der Waals surface area contributed by atoms with Crippen LogP contribution in [0.3, 0.4) is 0 Å². The third-order valence-corrected chi connectivity index (χ3v) is 1.92. The summed E-state index contributed by atoms with van der Waals surface area (Å²) in [6.45, 7) is 1.35. The van der Waals surface area contributed by atoms with Gasteiger partial charge in [-0.1, -0.05) is 12.1 Å². The minimum atomic E-state index is -0.668. The molecule has 0 aliphatic heterocycles. The first-order valence-electron chi connectivity index (χ1n) is 4.53. The topological polar surface area (TPSA) is 89.3 Å². The summed E-state index contributed by atoms with van der Waals surface area (Å²) in [6.07, 6.45) is 0. The van der Waals surface area contributed by atoms with Crippen LogP contribution in [0.2, 0.25) is 0 Å². The van der Waals surface area contributed by atoms with Crippen molar-refractivity contribution in [3.63, 3.8) is 0 Å². The molecule has 0 aliphatic rings. The SMILES string of the molecule is CC(=O)C(=O)NCc1ccc([N+](=O)[O-])cc1. The molecule has 0 radical (unpaired) electrons. The van der Waals surface area contributed by atoms with Crippen molar-refractivity contribution in [2.45, 2.75) is 13.5 Å². The van der Waals surface area contributed by atoms with Gasteiger partial charge >= 0.3 is 0 Å². The van der Waals surface area contributed by atoms with Crippen molar-refractivity contribution in [3.05, 3.63) is 39.9 Å². The first-order valence-corrected chi connectivity index (χ1v) is 4.53. The number of nitrogens with one attached hydrogen (secondary N) is 1. The molecule has 0 bridgehead atoms. The second-order valence-corrected chi connectivity index (χ2v) is 3.16. The smallest absolute Gasteiger partial charge is 0.287 e. The van der Waals surface area contributed by atoms with Crippen LogP contribution in [0, 0.1) is 10.1 Å². The van der Waals surface area contributed by atoms with Crippen LogP contribution in [-0.2, 0) is 16.1 Å². The van der Waals surface area contributed by atoms with Crippen LogP contribution in [0.15, 0.2) is 24.3 Å². The van der Waals surface area contributed by atoms with E-state index >= 15 is 0 Å². The highest BCUT2D eigenvalue weighted by Crippen LogP contribution is 2.11. The van der Waals surface area contributed by atoms with Gasteiger partial charge in [0, 0.05) is 25.6 Å². The number of rotatable bonds is 4. The molecule has 0 saturated heterocycles. The van der Waals surface area contributed by atoms with Gasteiger partial charge in [-0.25, -0.2) is 0 Å². The van der Waals surface area contributed by atoms with Crippen molar-refractivity contribution in [2.24, 2.45) is 0 Å². The summed E-state index contributed by atoms with van der Waals surface area (Å²) in [4.78, 5) is 31.4. The highest BCUT2D eigenvalue weighted by molar-refractivity contribution is 6.35. The second-order valence-electron chi connectivity index (χ2n) is 3.16. The molecule has 0 atom stereocenters. The summed E-state index contributed by atoms with van der Waals surface area (Å²) >= 11 is 0. The molecule has 1 rings (SSSR count). The Balaban J connectivity index is 2.59. The van der Waals surface area contributed by atoms with Crippen LogP contribution in [0.5, 0.6) is 0 Å². The Morgan fingerprint density at radius 1 is 1.31 bits per heavy atom. The van der Waals surface area contributed by atoms with Gasteiger partial charge in [0.05, 0.1) is 4.92 Å². The van der Waals surface area contributed by atoms with Crippen LogP contribution in [0.4, 0.5) is 5.69 Å². The zero-order valence-corrected chi connectivity index (χ0v) is 8.60. The third kappa shape index (κ3) is 3.16. The van der Waals surface area contributed by atoms with E-state index in [1.165, 1.54) is 31.2 Å². The van der Waals surface area contributed by atoms with Gasteiger partial charge in [0.1, 0.15) is 0 Å². The first kappa shape index (κ1) is 11.8. The monoisotopic (exact) mass is 222 g/mol. The van der Waals surface area contributed by atoms with Crippen LogP contribution in [0.25, 0.3) is 0 Å². The Morgan fingerprint density at radius 3 is 2.31 bits per heavy atom. The van der Waals surface area contributed by atoms with Crippen LogP contribution >= 0.6 is 0 Å². The normalized spacial score (nSPS) is 9.56. The van der Waals surface area contributed by atoms with E-state index in [2.05, 4.69) is 5.32 Å². The fourth-order valence-corrected chi connectivity index (χ4v) is 1.04. The molecule has 84 valence electrons. The molecule has 6 heteroatoms. The number of hydrogen-bond donors (Lipinski definition) is 1. The number of hydrogen-bond acceptors (Lipinski definition) is 4. The lowest BCUT2D eigenvalue weighted by Crippen LogP contribution is -2.28. The molecule has 0 spiro atoms. The van der Waals surface area contributed by atoms with E-state index in [-0.39, 0.29) is 12.2 Å². The lowest BCUT2D eigenvalue weighted by Gasteiger charge is -2.02. The van der Waals surface area contributed by atoms with Crippen LogP contribution in [0.1, 0.15) is 12.5 Å². The van der Waals surface area contributed by atoms with Crippen LogP contribution in [-0.4, -0.2) is 16.6 Å². The van der Waals surface area contributed by atoms with Crippen LogP contribution < -0.4 is 5.32 Å². The third-order valence-electron chi connectivity index (χ3n) is 1.92. The number of nitro groups is 1. The molecule has 0 fully saturated rings. The molecule has 0 unspecified atom stereocenters. The quantitative estimate of drug-likeness (QED) is 0.463. The van der Waals surface area contributed by atoms with E-state index < -0.39 is 16.6 Å². The number of ketones is 1. The standard InChI is InChI=1S/C10H10N2O4/c1-7(13)10(14)11-6-8-2-4-9(5-3-8)12(15)16/h2-5H,6H2,1H3,(H,11,14). The summed E-state index contributed by atoms with van der Waals surface area (Å²) in [7, 11) is 0. The van der Waals surface area contributed by atoms with Gasteiger partial charge in [0.25, 0.3) is 11.6 Å². The van der Waals surface area contributed by atoms with Gasteiger partial charge in [-0.2, -0.15) is 0 Å². The molecule has 1 aromatic rings. The van der Waals surface area contributed by atoms with Gasteiger partial charge in [0.2, 0.25) is 5.78 Å². The number of nitro benzene ring substituents is 1. The average molecular weight is 222 g/mol. The molecule has 0 saturated carbocycles. The van der Waals surface area contributed by atoms with Gasteiger partial charge in [-0.05, 0) is 5.56 Å². The molecule has 1 aromatic carbocycles. The van der Waals surface area contributed by atoms with E-state index in [1.54, 1.807) is 0 Å². The molecule has 0 aromatic heterocycles. The fraction of sp³-hybridized carbons (Fsp3) is 0.200. The Hall–Kier alpha value is -2.24. The molecule has 16 heavy (non-hydrogen) atoms. The predicted octanol–water partition coefficient (Wildman–Crippen LogP) is 0.800. The maximum absolute atomic E-state index is 10.9. The summed E-state index contributed by atoms with van der Waals surface area (Å²) in [5, 5.41) is 12.7. The Labute approximate surface area is 91.4 Å². The number of amides is 1. The molecular weight excluding hydrogens is 212 g/mol. The molecule has 1 N–H and O–H groups in total. The van der Waals surface area contributed by atoms with Crippen molar-refractivity contribution in [1.29, 1.82) is 0 Å². The van der Waals surface area contributed by atoms with E-state index in [0.717, 1.165) is 0 Å². The summed E-state index contributed by atoms with van der Waals surface area (Å²) < 4.78 is 0. The number of non-ortho nitro benzene ring substituents is 1. The lowest BCUT2D eigenvalue weighted by atomic mass is 10.2. The highest BCUT2D eigenvalue weighted by atomic mass is 16.6. The van der Waals surface area contributed by atoms with Gasteiger partial charge in [-0.15, -0.1) is 0 Å². The maximum atomic E-state index is 10.9. The van der Waals surface area contributed by atoms with E-state index in [1.807, 2.05) is 0 Å². The van der Waals surface area contributed by atoms with Crippen molar-refractivity contribution < 1.29 is 14.5 Å². The van der Waals surface area contributed by atoms with Crippen molar-refractivity contribution in [3.8, 4) is 0 Å². The van der Waals surface area contributed by atoms with Crippen molar-refractivity contribution in [1.82, 2.24) is 5.32 Å². The van der Waals surface area contributed by atoms with E-state index in [0.29, 0.717) is 5.56 Å². The Kier molecular flexibility index (Phi) is 3.71. The zero-order valence-electron chi connectivity index (χ0n) is 8.60. The van der Waals surface area contributed by atoms with Gasteiger partial charge in [-0.3, -0.25) is 19.7 Å². The highest BCUT2D eigenvalue weighted by Gasteiger charge is 2.07. The number of benzene rings is 1. The molecule has 1 amide bonds. The molecular formula is C10H10N2O4. The maximum Gasteiger partial charge on any atom is 0.287 e. The van der Waals surface area contributed by atoms with Gasteiger partial charge < -0.3 is 5.32 Å². The van der Waals surface area contributed by atoms with Crippen molar-refractivity contribution in [2.75, 3.05) is 0 Å². The average Bonchev–Trinajstić information content (AvgIpc) is 2.26. The minimum absolute atomic E-state index is 0.0124. The Morgan fingerprint density at radius 2 is 1.88 bits per heavy atom. The van der Waals surface area contributed by atoms with Crippen molar-refractivity contribution >= 4 is 17.4 Å². The summed E-state index contributed by atoms with van der Waals surface area (Å²) in [5.74, 6) is -1.24. The Bertz CT molecular complexity index is 425. The summed E-state index contributed by atoms with van der Waals surface area (Å²) in [5.41, 5.74) is 0.682. The minimum Gasteiger partial charge on any atom is -0.345 e. The molecule has 0 heterocycles. The number of carbonyl (C=O) groups is 2. The first-order chi connectivity index (χ1) is 7.50. The zero-order chi connectivity index (χ0) is 12.1. The number of carbonyl (C=O) groups excluding carboxylic acids is 2. The fourth-order valence-electron chi connectivity index (χ4n) is 1.04.